The number of carbonyl (C=O) groups is 2. The molecule has 0 spiro atoms. The molecule has 1 aliphatic heterocycles. The van der Waals surface area contributed by atoms with Gasteiger partial charge in [-0.05, 0) is 13.0 Å². The molecule has 116 valence electrons. The van der Waals surface area contributed by atoms with Gasteiger partial charge in [-0.15, -0.1) is 0 Å². The fraction of sp³-hybridized carbons (Fsp3) is 0.615. The zero-order valence-electron chi connectivity index (χ0n) is 12.0. The fourth-order valence-corrected chi connectivity index (χ4v) is 2.24. The average molecular weight is 296 g/mol. The molecule has 1 amide bonds. The summed E-state index contributed by atoms with van der Waals surface area (Å²) in [5.74, 6) is -1.60. The van der Waals surface area contributed by atoms with E-state index in [1.54, 1.807) is 7.05 Å². The molecule has 0 atom stereocenters. The topological polar surface area (TPSA) is 96.7 Å². The van der Waals surface area contributed by atoms with Gasteiger partial charge < -0.3 is 15.2 Å². The van der Waals surface area contributed by atoms with Gasteiger partial charge in [0.1, 0.15) is 0 Å². The normalized spacial score (nSPS) is 15.9. The molecule has 8 heteroatoms. The van der Waals surface area contributed by atoms with Gasteiger partial charge in [-0.2, -0.15) is 5.10 Å². The SMILES string of the molecule is Cn1cc(C(=O)NCCCN2CCOCC2)c(C(=O)O)n1. The molecule has 0 radical (unpaired) electrons. The molecule has 21 heavy (non-hydrogen) atoms. The standard InChI is InChI=1S/C13H20N4O4/c1-16-9-10(11(15-16)13(19)20)12(18)14-3-2-4-17-5-7-21-8-6-17/h9H,2-8H2,1H3,(H,14,18)(H,19,20). The largest absolute Gasteiger partial charge is 0.476 e. The molecule has 0 unspecified atom stereocenters. The van der Waals surface area contributed by atoms with E-state index in [4.69, 9.17) is 9.84 Å². The zero-order chi connectivity index (χ0) is 15.2. The molecule has 0 saturated carbocycles. The van der Waals surface area contributed by atoms with Gasteiger partial charge in [0.15, 0.2) is 5.69 Å². The number of nitrogens with zero attached hydrogens (tertiary/aromatic N) is 3. The number of nitrogens with one attached hydrogen (secondary N) is 1. The third-order valence-electron chi connectivity index (χ3n) is 3.32. The van der Waals surface area contributed by atoms with E-state index in [1.807, 2.05) is 0 Å². The van der Waals surface area contributed by atoms with Crippen LogP contribution in [0.4, 0.5) is 0 Å². The molecule has 0 aromatic carbocycles. The lowest BCUT2D eigenvalue weighted by atomic mass is 10.2. The van der Waals surface area contributed by atoms with Crippen molar-refractivity contribution < 1.29 is 19.4 Å². The Morgan fingerprint density at radius 3 is 2.81 bits per heavy atom. The van der Waals surface area contributed by atoms with Crippen LogP contribution in [0, 0.1) is 0 Å². The molecule has 0 aliphatic carbocycles. The number of carboxylic acid groups (broad SMARTS) is 1. The number of aromatic nitrogens is 2. The van der Waals surface area contributed by atoms with Gasteiger partial charge in [-0.25, -0.2) is 4.79 Å². The smallest absolute Gasteiger partial charge is 0.357 e. The number of aryl methyl sites for hydroxylation is 1. The van der Waals surface area contributed by atoms with Crippen molar-refractivity contribution in [2.45, 2.75) is 6.42 Å². The first-order valence-corrected chi connectivity index (χ1v) is 6.93. The molecule has 1 aromatic heterocycles. The van der Waals surface area contributed by atoms with Crippen LogP contribution in [0.25, 0.3) is 0 Å². The van der Waals surface area contributed by atoms with Crippen LogP contribution in [0.5, 0.6) is 0 Å². The van der Waals surface area contributed by atoms with Crippen LogP contribution in [0.1, 0.15) is 27.3 Å². The lowest BCUT2D eigenvalue weighted by Gasteiger charge is -2.26. The number of hydrogen-bond donors (Lipinski definition) is 2. The second-order valence-electron chi connectivity index (χ2n) is 4.93. The summed E-state index contributed by atoms with van der Waals surface area (Å²) in [4.78, 5) is 25.3. The third-order valence-corrected chi connectivity index (χ3v) is 3.32. The number of ether oxygens (including phenoxy) is 1. The first-order chi connectivity index (χ1) is 10.1. The second-order valence-corrected chi connectivity index (χ2v) is 4.93. The second kappa shape index (κ2) is 7.19. The highest BCUT2D eigenvalue weighted by Crippen LogP contribution is 2.06. The highest BCUT2D eigenvalue weighted by molar-refractivity contribution is 6.03. The molecule has 0 bridgehead atoms. The van der Waals surface area contributed by atoms with Crippen LogP contribution in [0.3, 0.4) is 0 Å². The van der Waals surface area contributed by atoms with Gasteiger partial charge in [0.25, 0.3) is 5.91 Å². The Kier molecular flexibility index (Phi) is 5.29. The van der Waals surface area contributed by atoms with Crippen LogP contribution in [0.2, 0.25) is 0 Å². The van der Waals surface area contributed by atoms with E-state index in [1.165, 1.54) is 10.9 Å². The molecule has 8 nitrogen and oxygen atoms in total. The molecular formula is C13H20N4O4. The van der Waals surface area contributed by atoms with E-state index in [9.17, 15) is 9.59 Å². The van der Waals surface area contributed by atoms with Crippen molar-refractivity contribution in [3.63, 3.8) is 0 Å². The maximum atomic E-state index is 12.0. The molecule has 1 saturated heterocycles. The molecule has 2 heterocycles. The van der Waals surface area contributed by atoms with Crippen molar-refractivity contribution in [2.75, 3.05) is 39.4 Å². The Balaban J connectivity index is 1.78. The monoisotopic (exact) mass is 296 g/mol. The lowest BCUT2D eigenvalue weighted by molar-refractivity contribution is 0.0374. The highest BCUT2D eigenvalue weighted by atomic mass is 16.5. The van der Waals surface area contributed by atoms with Gasteiger partial charge in [0, 0.05) is 32.9 Å². The van der Waals surface area contributed by atoms with Crippen molar-refractivity contribution in [3.05, 3.63) is 17.5 Å². The Bertz CT molecular complexity index is 508. The summed E-state index contributed by atoms with van der Waals surface area (Å²) in [5, 5.41) is 15.5. The summed E-state index contributed by atoms with van der Waals surface area (Å²) < 4.78 is 6.59. The average Bonchev–Trinajstić information content (AvgIpc) is 2.87. The molecule has 2 rings (SSSR count). The van der Waals surface area contributed by atoms with E-state index < -0.39 is 11.9 Å². The fourth-order valence-electron chi connectivity index (χ4n) is 2.24. The summed E-state index contributed by atoms with van der Waals surface area (Å²) in [6, 6.07) is 0. The quantitative estimate of drug-likeness (QED) is 0.692. The van der Waals surface area contributed by atoms with Crippen molar-refractivity contribution in [1.29, 1.82) is 0 Å². The Morgan fingerprint density at radius 1 is 1.43 bits per heavy atom. The van der Waals surface area contributed by atoms with E-state index in [0.717, 1.165) is 39.3 Å². The predicted molar refractivity (Wildman–Crippen MR) is 74.4 cm³/mol. The number of amides is 1. The van der Waals surface area contributed by atoms with Crippen LogP contribution in [0.15, 0.2) is 6.20 Å². The van der Waals surface area contributed by atoms with Crippen LogP contribution in [-0.2, 0) is 11.8 Å². The highest BCUT2D eigenvalue weighted by Gasteiger charge is 2.20. The van der Waals surface area contributed by atoms with E-state index in [-0.39, 0.29) is 11.3 Å². The van der Waals surface area contributed by atoms with Crippen molar-refractivity contribution in [3.8, 4) is 0 Å². The first kappa shape index (κ1) is 15.5. The van der Waals surface area contributed by atoms with Gasteiger partial charge in [0.2, 0.25) is 0 Å². The Hall–Kier alpha value is -1.93. The van der Waals surface area contributed by atoms with Crippen molar-refractivity contribution in [1.82, 2.24) is 20.0 Å². The first-order valence-electron chi connectivity index (χ1n) is 6.93. The summed E-state index contributed by atoms with van der Waals surface area (Å²) in [6.07, 6.45) is 2.23. The van der Waals surface area contributed by atoms with E-state index in [0.29, 0.717) is 6.54 Å². The number of aromatic carboxylic acids is 1. The Labute approximate surface area is 122 Å². The van der Waals surface area contributed by atoms with Crippen molar-refractivity contribution >= 4 is 11.9 Å². The van der Waals surface area contributed by atoms with Gasteiger partial charge in [-0.1, -0.05) is 0 Å². The summed E-state index contributed by atoms with van der Waals surface area (Å²) in [7, 11) is 1.58. The molecule has 1 aromatic rings. The number of hydrogen-bond acceptors (Lipinski definition) is 5. The lowest BCUT2D eigenvalue weighted by Crippen LogP contribution is -2.38. The van der Waals surface area contributed by atoms with E-state index >= 15 is 0 Å². The molecule has 1 aliphatic rings. The molecular weight excluding hydrogens is 276 g/mol. The number of carbonyl (C=O) groups excluding carboxylic acids is 1. The van der Waals surface area contributed by atoms with Gasteiger partial charge in [0.05, 0.1) is 18.8 Å². The molecule has 1 fully saturated rings. The summed E-state index contributed by atoms with van der Waals surface area (Å²) >= 11 is 0. The minimum atomic E-state index is -1.20. The number of morpholine rings is 1. The van der Waals surface area contributed by atoms with E-state index in [2.05, 4.69) is 15.3 Å². The van der Waals surface area contributed by atoms with Crippen LogP contribution < -0.4 is 5.32 Å². The summed E-state index contributed by atoms with van der Waals surface area (Å²) in [5.41, 5.74) is -0.125. The third kappa shape index (κ3) is 4.27. The minimum Gasteiger partial charge on any atom is -0.476 e. The van der Waals surface area contributed by atoms with Gasteiger partial charge in [-0.3, -0.25) is 14.4 Å². The van der Waals surface area contributed by atoms with Crippen molar-refractivity contribution in [2.24, 2.45) is 7.05 Å². The minimum absolute atomic E-state index is 0.0939. The summed E-state index contributed by atoms with van der Waals surface area (Å²) in [6.45, 7) is 4.74. The molecule has 2 N–H and O–H groups in total. The van der Waals surface area contributed by atoms with Crippen LogP contribution in [-0.4, -0.2) is 71.1 Å². The Morgan fingerprint density at radius 2 is 2.14 bits per heavy atom. The predicted octanol–water partition coefficient (Wildman–Crippen LogP) is -0.430. The number of carboxylic acids is 1. The maximum Gasteiger partial charge on any atom is 0.357 e. The van der Waals surface area contributed by atoms with Crippen LogP contribution >= 0.6 is 0 Å². The van der Waals surface area contributed by atoms with Gasteiger partial charge >= 0.3 is 5.97 Å². The number of rotatable bonds is 6. The zero-order valence-corrected chi connectivity index (χ0v) is 12.0. The maximum absolute atomic E-state index is 12.0.